The number of aryl methyl sites for hydroxylation is 2. The number of carbonyl (C=O) groups excluding carboxylic acids is 1. The molecule has 0 amide bonds. The van der Waals surface area contributed by atoms with Crippen molar-refractivity contribution in [1.29, 1.82) is 0 Å². The molecule has 32 heavy (non-hydrogen) atoms. The number of Topliss-reactive ketones (excluding diaryl/α,β-unsaturated/α-hetero) is 1. The van der Waals surface area contributed by atoms with E-state index in [0.29, 0.717) is 11.5 Å². The maximum atomic E-state index is 12.4. The van der Waals surface area contributed by atoms with E-state index in [2.05, 4.69) is 64.1 Å². The first kappa shape index (κ1) is 19.8. The second-order valence-electron chi connectivity index (χ2n) is 7.83. The zero-order chi connectivity index (χ0) is 22.1. The van der Waals surface area contributed by atoms with Gasteiger partial charge in [-0.3, -0.25) is 9.78 Å². The van der Waals surface area contributed by atoms with Crippen LogP contribution in [0, 0.1) is 13.8 Å². The lowest BCUT2D eigenvalue weighted by Gasteiger charge is -2.06. The van der Waals surface area contributed by atoms with Crippen LogP contribution in [-0.2, 0) is 6.54 Å². The van der Waals surface area contributed by atoms with E-state index < -0.39 is 0 Å². The molecule has 156 valence electrons. The summed E-state index contributed by atoms with van der Waals surface area (Å²) in [5.74, 6) is 0.564. The molecule has 2 aromatic carbocycles. The van der Waals surface area contributed by atoms with Crippen molar-refractivity contribution >= 4 is 5.78 Å². The first-order valence-electron chi connectivity index (χ1n) is 10.4. The summed E-state index contributed by atoms with van der Waals surface area (Å²) in [6.45, 7) is 4.42. The highest BCUT2D eigenvalue weighted by Gasteiger charge is 2.14. The van der Waals surface area contributed by atoms with Crippen LogP contribution in [-0.4, -0.2) is 30.3 Å². The Hall–Kier alpha value is -4.19. The number of nitrogens with zero attached hydrogens (tertiary/aromatic N) is 5. The monoisotopic (exact) mass is 419 g/mol. The smallest absolute Gasteiger partial charge is 0.202 e. The minimum Gasteiger partial charge on any atom is -0.344 e. The lowest BCUT2D eigenvalue weighted by atomic mass is 9.99. The van der Waals surface area contributed by atoms with Crippen LogP contribution >= 0.6 is 0 Å². The molecule has 3 heterocycles. The van der Waals surface area contributed by atoms with E-state index in [1.165, 1.54) is 29.1 Å². The fourth-order valence-corrected chi connectivity index (χ4v) is 3.60. The van der Waals surface area contributed by atoms with Crippen LogP contribution in [0.25, 0.3) is 33.9 Å². The zero-order valence-electron chi connectivity index (χ0n) is 17.9. The highest BCUT2D eigenvalue weighted by atomic mass is 16.1. The van der Waals surface area contributed by atoms with Crippen LogP contribution in [0.4, 0.5) is 0 Å². The minimum atomic E-state index is -0.107. The van der Waals surface area contributed by atoms with Crippen molar-refractivity contribution in [1.82, 2.24) is 24.5 Å². The predicted octanol–water partition coefficient (Wildman–Crippen LogP) is 5.01. The Morgan fingerprint density at radius 1 is 0.844 bits per heavy atom. The summed E-state index contributed by atoms with van der Waals surface area (Å²) in [7, 11) is 0. The van der Waals surface area contributed by atoms with Crippen LogP contribution in [0.5, 0.6) is 0 Å². The summed E-state index contributed by atoms with van der Waals surface area (Å²) in [4.78, 5) is 29.8. The minimum absolute atomic E-state index is 0.107. The first-order chi connectivity index (χ1) is 15.6. The molecule has 0 unspecified atom stereocenters. The van der Waals surface area contributed by atoms with Gasteiger partial charge in [-0.2, -0.15) is 0 Å². The van der Waals surface area contributed by atoms with Gasteiger partial charge in [0.2, 0.25) is 5.78 Å². The molecule has 0 fully saturated rings. The summed E-state index contributed by atoms with van der Waals surface area (Å²) >= 11 is 0. The van der Waals surface area contributed by atoms with Gasteiger partial charge in [0, 0.05) is 30.4 Å². The third-order valence-electron chi connectivity index (χ3n) is 5.59. The molecular weight excluding hydrogens is 398 g/mol. The highest BCUT2D eigenvalue weighted by Crippen LogP contribution is 2.28. The Morgan fingerprint density at radius 3 is 2.34 bits per heavy atom. The highest BCUT2D eigenvalue weighted by molar-refractivity contribution is 5.93. The van der Waals surface area contributed by atoms with E-state index in [4.69, 9.17) is 0 Å². The van der Waals surface area contributed by atoms with Crippen molar-refractivity contribution in [3.05, 3.63) is 96.3 Å². The predicted molar refractivity (Wildman–Crippen MR) is 123 cm³/mol. The molecule has 0 radical (unpaired) electrons. The number of carbonyl (C=O) groups is 1. The Bertz CT molecular complexity index is 1370. The molecule has 5 rings (SSSR count). The normalized spacial score (nSPS) is 11.1. The lowest BCUT2D eigenvalue weighted by Crippen LogP contribution is -2.12. The molecule has 0 bridgehead atoms. The maximum absolute atomic E-state index is 12.4. The fraction of sp³-hybridized carbons (Fsp3) is 0.115. The van der Waals surface area contributed by atoms with Crippen molar-refractivity contribution in [3.63, 3.8) is 0 Å². The number of rotatable bonds is 5. The van der Waals surface area contributed by atoms with Gasteiger partial charge >= 0.3 is 0 Å². The molecule has 6 nitrogen and oxygen atoms in total. The molecule has 0 saturated carbocycles. The van der Waals surface area contributed by atoms with Crippen LogP contribution in [0.1, 0.15) is 21.6 Å². The van der Waals surface area contributed by atoms with Gasteiger partial charge in [0.25, 0.3) is 0 Å². The second-order valence-corrected chi connectivity index (χ2v) is 7.83. The quantitative estimate of drug-likeness (QED) is 0.375. The average Bonchev–Trinajstić information content (AvgIpc) is 3.25. The van der Waals surface area contributed by atoms with Gasteiger partial charge in [-0.05, 0) is 42.2 Å². The molecule has 0 spiro atoms. The van der Waals surface area contributed by atoms with Crippen LogP contribution in [0.3, 0.4) is 0 Å². The summed E-state index contributed by atoms with van der Waals surface area (Å²) in [5, 5.41) is 0. The molecule has 1 aromatic heterocycles. The Morgan fingerprint density at radius 2 is 1.59 bits per heavy atom. The average molecular weight is 419 g/mol. The van der Waals surface area contributed by atoms with Gasteiger partial charge in [-0.15, -0.1) is 0 Å². The third-order valence-corrected chi connectivity index (χ3v) is 5.59. The third kappa shape index (κ3) is 3.90. The van der Waals surface area contributed by atoms with Gasteiger partial charge in [0.15, 0.2) is 5.82 Å². The Kier molecular flexibility index (Phi) is 5.03. The molecule has 0 atom stereocenters. The molecule has 0 N–H and O–H groups in total. The van der Waals surface area contributed by atoms with Crippen molar-refractivity contribution in [2.75, 3.05) is 0 Å². The van der Waals surface area contributed by atoms with Crippen molar-refractivity contribution in [2.24, 2.45) is 0 Å². The SMILES string of the molecule is Cc1ccc(-c2ccc(-c3nc4ccn(CC(=O)c5cnccn5)cc-4n3)cc2)cc1C. The molecule has 2 aliphatic rings. The standard InChI is InChI=1S/C26H21N5O/c1-17-3-4-21(13-18(17)2)19-5-7-20(8-6-19)26-29-22-9-12-31(15-24(22)30-26)16-25(32)23-14-27-10-11-28-23/h3-15H,16H2,1-2H3. The number of pyridine rings is 1. The van der Waals surface area contributed by atoms with E-state index in [-0.39, 0.29) is 12.3 Å². The summed E-state index contributed by atoms with van der Waals surface area (Å²) in [5.41, 5.74) is 7.76. The van der Waals surface area contributed by atoms with Crippen LogP contribution in [0.2, 0.25) is 0 Å². The summed E-state index contributed by atoms with van der Waals surface area (Å²) < 4.78 is 1.79. The lowest BCUT2D eigenvalue weighted by molar-refractivity contribution is 0.0966. The van der Waals surface area contributed by atoms with Crippen LogP contribution < -0.4 is 0 Å². The molecule has 3 aromatic rings. The molecule has 6 heteroatoms. The van der Waals surface area contributed by atoms with E-state index in [1.54, 1.807) is 10.8 Å². The second kappa shape index (κ2) is 8.15. The largest absolute Gasteiger partial charge is 0.344 e. The number of benzene rings is 2. The van der Waals surface area contributed by atoms with Gasteiger partial charge in [0.05, 0.1) is 18.4 Å². The van der Waals surface area contributed by atoms with Gasteiger partial charge in [-0.25, -0.2) is 15.0 Å². The molecule has 2 aliphatic heterocycles. The summed E-state index contributed by atoms with van der Waals surface area (Å²) in [6.07, 6.45) is 8.21. The van der Waals surface area contributed by atoms with Gasteiger partial charge in [-0.1, -0.05) is 42.5 Å². The number of imidazole rings is 1. The van der Waals surface area contributed by atoms with Gasteiger partial charge < -0.3 is 4.57 Å². The zero-order valence-corrected chi connectivity index (χ0v) is 17.9. The molecular formula is C26H21N5O. The van der Waals surface area contributed by atoms with Crippen molar-refractivity contribution in [2.45, 2.75) is 20.4 Å². The number of ketones is 1. The number of fused-ring (bicyclic) bond motifs is 1. The number of aromatic nitrogens is 5. The topological polar surface area (TPSA) is 73.6 Å². The Balaban J connectivity index is 1.38. The molecule has 0 saturated heterocycles. The van der Waals surface area contributed by atoms with Crippen molar-refractivity contribution in [3.8, 4) is 33.9 Å². The van der Waals surface area contributed by atoms with E-state index in [0.717, 1.165) is 22.5 Å². The summed E-state index contributed by atoms with van der Waals surface area (Å²) in [6, 6.07) is 16.7. The number of hydrogen-bond donors (Lipinski definition) is 0. The van der Waals surface area contributed by atoms with E-state index >= 15 is 0 Å². The number of hydrogen-bond acceptors (Lipinski definition) is 5. The van der Waals surface area contributed by atoms with E-state index in [1.807, 2.05) is 30.6 Å². The Labute approximate surface area is 186 Å². The molecule has 0 aliphatic carbocycles. The van der Waals surface area contributed by atoms with Gasteiger partial charge in [0.1, 0.15) is 11.4 Å². The first-order valence-corrected chi connectivity index (χ1v) is 10.4. The maximum Gasteiger partial charge on any atom is 0.202 e. The van der Waals surface area contributed by atoms with Crippen molar-refractivity contribution < 1.29 is 4.79 Å². The van der Waals surface area contributed by atoms with E-state index in [9.17, 15) is 4.79 Å². The fourth-order valence-electron chi connectivity index (χ4n) is 3.60. The van der Waals surface area contributed by atoms with Crippen LogP contribution in [0.15, 0.2) is 79.5 Å².